The van der Waals surface area contributed by atoms with Crippen LogP contribution in [-0.2, 0) is 28.7 Å². The minimum Gasteiger partial charge on any atom is -0.469 e. The number of Topliss-reactive ketones (excluding diaryl/α,β-unsaturated/α-hetero) is 2. The second-order valence-electron chi connectivity index (χ2n) is 7.39. The van der Waals surface area contributed by atoms with Crippen molar-refractivity contribution in [2.45, 2.75) is 12.8 Å². The van der Waals surface area contributed by atoms with E-state index < -0.39 is 34.6 Å². The number of carbonyl (C=O) groups excluding carboxylic acids is 4. The smallest absolute Gasteiger partial charge is 0.314 e. The Balaban J connectivity index is 1.85. The van der Waals surface area contributed by atoms with Crippen LogP contribution >= 0.6 is 0 Å². The first-order chi connectivity index (χ1) is 10.5. The third-order valence-corrected chi connectivity index (χ3v) is 7.56. The normalized spacial score (nSPS) is 55.4. The van der Waals surface area contributed by atoms with Crippen molar-refractivity contribution < 1.29 is 28.7 Å². The standard InChI is InChI=1S/C16H16O6/c1-21-13(19)15-5-3-7(17)11-9(5)10-6(15)4-8(18)12(10)16(11,15)14(20)22-2/h5-6,9-12H,3-4H2,1-2H3/t5-,6+,9-,10-,11-,12-,15?,16?/m0/s1. The van der Waals surface area contributed by atoms with E-state index in [-0.39, 0.29) is 35.2 Å². The molecule has 6 nitrogen and oxygen atoms in total. The molecule has 0 heterocycles. The molecule has 0 spiro atoms. The zero-order valence-corrected chi connectivity index (χ0v) is 12.3. The predicted octanol–water partition coefficient (Wildman–Crippen LogP) is -0.0112. The fourth-order valence-corrected chi connectivity index (χ4v) is 7.71. The molecule has 0 amide bonds. The number of esters is 2. The number of rotatable bonds is 2. The lowest BCUT2D eigenvalue weighted by Gasteiger charge is -2.50. The molecule has 0 aromatic heterocycles. The van der Waals surface area contributed by atoms with E-state index in [9.17, 15) is 19.2 Å². The van der Waals surface area contributed by atoms with Gasteiger partial charge in [0.1, 0.15) is 17.0 Å². The molecule has 6 aliphatic rings. The lowest BCUT2D eigenvalue weighted by atomic mass is 9.49. The number of ketones is 2. The summed E-state index contributed by atoms with van der Waals surface area (Å²) < 4.78 is 10.1. The Labute approximate surface area is 126 Å². The van der Waals surface area contributed by atoms with Gasteiger partial charge in [-0.05, 0) is 23.7 Å². The summed E-state index contributed by atoms with van der Waals surface area (Å²) in [6.45, 7) is 0. The van der Waals surface area contributed by atoms with Gasteiger partial charge >= 0.3 is 11.9 Å². The van der Waals surface area contributed by atoms with E-state index in [2.05, 4.69) is 0 Å². The molecule has 116 valence electrons. The van der Waals surface area contributed by atoms with Crippen molar-refractivity contribution in [1.82, 2.24) is 0 Å². The molecule has 6 heteroatoms. The van der Waals surface area contributed by atoms with Gasteiger partial charge in [0.25, 0.3) is 0 Å². The summed E-state index contributed by atoms with van der Waals surface area (Å²) in [6, 6.07) is 0. The van der Waals surface area contributed by atoms with Crippen LogP contribution in [0.2, 0.25) is 0 Å². The Morgan fingerprint density at radius 1 is 0.864 bits per heavy atom. The fraction of sp³-hybridized carbons (Fsp3) is 0.750. The zero-order valence-electron chi connectivity index (χ0n) is 12.3. The second-order valence-corrected chi connectivity index (χ2v) is 7.39. The molecular weight excluding hydrogens is 288 g/mol. The quantitative estimate of drug-likeness (QED) is 0.667. The van der Waals surface area contributed by atoms with E-state index in [0.29, 0.717) is 12.8 Å². The fourth-order valence-electron chi connectivity index (χ4n) is 7.71. The minimum atomic E-state index is -1.29. The van der Waals surface area contributed by atoms with Crippen LogP contribution in [0.5, 0.6) is 0 Å². The molecule has 2 unspecified atom stereocenters. The van der Waals surface area contributed by atoms with Crippen molar-refractivity contribution in [3.8, 4) is 0 Å². The molecule has 0 radical (unpaired) electrons. The Bertz CT molecular complexity index is 642. The van der Waals surface area contributed by atoms with Gasteiger partial charge in [-0.1, -0.05) is 0 Å². The Kier molecular flexibility index (Phi) is 1.91. The molecule has 8 atom stereocenters. The summed E-state index contributed by atoms with van der Waals surface area (Å²) in [4.78, 5) is 50.5. The zero-order chi connectivity index (χ0) is 15.6. The highest BCUT2D eigenvalue weighted by atomic mass is 16.5. The summed E-state index contributed by atoms with van der Waals surface area (Å²) in [7, 11) is 2.58. The highest BCUT2D eigenvalue weighted by Crippen LogP contribution is 2.91. The summed E-state index contributed by atoms with van der Waals surface area (Å²) in [5.41, 5.74) is -2.30. The van der Waals surface area contributed by atoms with Gasteiger partial charge < -0.3 is 9.47 Å². The SMILES string of the molecule is COC(=O)C12[C@@H]3CC(=O)[C@H]4[C@@H]3[C@@H]3[C@@H]1CC(=O)[C@@H]3C42C(=O)OC. The highest BCUT2D eigenvalue weighted by molar-refractivity contribution is 6.09. The maximum absolute atomic E-state index is 12.8. The Hall–Kier alpha value is -1.72. The summed E-state index contributed by atoms with van der Waals surface area (Å²) in [6.07, 6.45) is 0.661. The van der Waals surface area contributed by atoms with Crippen molar-refractivity contribution in [1.29, 1.82) is 0 Å². The van der Waals surface area contributed by atoms with Crippen molar-refractivity contribution >= 4 is 23.5 Å². The van der Waals surface area contributed by atoms with Crippen molar-refractivity contribution in [2.75, 3.05) is 14.2 Å². The van der Waals surface area contributed by atoms with Crippen LogP contribution in [-0.4, -0.2) is 37.7 Å². The summed E-state index contributed by atoms with van der Waals surface area (Å²) in [5.74, 6) is -2.37. The molecule has 6 saturated carbocycles. The average molecular weight is 304 g/mol. The number of ether oxygens (including phenoxy) is 2. The van der Waals surface area contributed by atoms with E-state index in [1.54, 1.807) is 0 Å². The van der Waals surface area contributed by atoms with Crippen molar-refractivity contribution in [3.05, 3.63) is 0 Å². The topological polar surface area (TPSA) is 86.7 Å². The monoisotopic (exact) mass is 304 g/mol. The van der Waals surface area contributed by atoms with Crippen LogP contribution in [0.1, 0.15) is 12.8 Å². The van der Waals surface area contributed by atoms with E-state index in [4.69, 9.17) is 9.47 Å². The van der Waals surface area contributed by atoms with Gasteiger partial charge in [0.05, 0.1) is 19.6 Å². The third-order valence-electron chi connectivity index (χ3n) is 7.56. The first-order valence-corrected chi connectivity index (χ1v) is 7.71. The van der Waals surface area contributed by atoms with Gasteiger partial charge in [-0.2, -0.15) is 0 Å². The average Bonchev–Trinajstić information content (AvgIpc) is 3.25. The molecular formula is C16H16O6. The van der Waals surface area contributed by atoms with Gasteiger partial charge in [-0.25, -0.2) is 0 Å². The first kappa shape index (κ1) is 12.8. The molecule has 0 aromatic rings. The van der Waals surface area contributed by atoms with E-state index in [1.165, 1.54) is 14.2 Å². The van der Waals surface area contributed by atoms with Crippen LogP contribution in [0.25, 0.3) is 0 Å². The number of hydrogen-bond donors (Lipinski definition) is 0. The molecule has 6 fully saturated rings. The second kappa shape index (κ2) is 3.29. The van der Waals surface area contributed by atoms with Crippen LogP contribution in [0, 0.1) is 46.3 Å². The number of carbonyl (C=O) groups is 4. The Morgan fingerprint density at radius 2 is 1.27 bits per heavy atom. The molecule has 0 N–H and O–H groups in total. The van der Waals surface area contributed by atoms with Crippen LogP contribution in [0.15, 0.2) is 0 Å². The van der Waals surface area contributed by atoms with Gasteiger partial charge in [-0.15, -0.1) is 0 Å². The highest BCUT2D eigenvalue weighted by Gasteiger charge is 2.99. The maximum Gasteiger partial charge on any atom is 0.314 e. The van der Waals surface area contributed by atoms with Gasteiger partial charge in [0, 0.05) is 24.7 Å². The largest absolute Gasteiger partial charge is 0.469 e. The molecule has 0 saturated heterocycles. The van der Waals surface area contributed by atoms with E-state index in [0.717, 1.165) is 0 Å². The van der Waals surface area contributed by atoms with E-state index >= 15 is 0 Å². The summed E-state index contributed by atoms with van der Waals surface area (Å²) in [5, 5.41) is 0. The maximum atomic E-state index is 12.8. The molecule has 8 bridgehead atoms. The number of methoxy groups -OCH3 is 2. The molecule has 0 aromatic carbocycles. The third kappa shape index (κ3) is 0.787. The Morgan fingerprint density at radius 3 is 1.68 bits per heavy atom. The van der Waals surface area contributed by atoms with Crippen LogP contribution in [0.4, 0.5) is 0 Å². The summed E-state index contributed by atoms with van der Waals surface area (Å²) >= 11 is 0. The van der Waals surface area contributed by atoms with Gasteiger partial charge in [0.15, 0.2) is 0 Å². The van der Waals surface area contributed by atoms with Crippen molar-refractivity contribution in [3.63, 3.8) is 0 Å². The van der Waals surface area contributed by atoms with Gasteiger partial charge in [0.2, 0.25) is 0 Å². The molecule has 6 rings (SSSR count). The van der Waals surface area contributed by atoms with Gasteiger partial charge in [-0.3, -0.25) is 19.2 Å². The van der Waals surface area contributed by atoms with Crippen LogP contribution < -0.4 is 0 Å². The molecule has 22 heavy (non-hydrogen) atoms. The van der Waals surface area contributed by atoms with Crippen LogP contribution in [0.3, 0.4) is 0 Å². The first-order valence-electron chi connectivity index (χ1n) is 7.71. The number of hydrogen-bond acceptors (Lipinski definition) is 6. The molecule has 0 aliphatic heterocycles. The lowest BCUT2D eigenvalue weighted by molar-refractivity contribution is -0.194. The van der Waals surface area contributed by atoms with E-state index in [1.807, 2.05) is 0 Å². The lowest BCUT2D eigenvalue weighted by Crippen LogP contribution is -2.63. The van der Waals surface area contributed by atoms with Crippen molar-refractivity contribution in [2.24, 2.45) is 46.3 Å². The molecule has 6 aliphatic carbocycles. The minimum absolute atomic E-state index is 0.0144. The predicted molar refractivity (Wildman–Crippen MR) is 69.1 cm³/mol.